The smallest absolute Gasteiger partial charge is 0.0233 e. The van der Waals surface area contributed by atoms with E-state index < -0.39 is 0 Å². The summed E-state index contributed by atoms with van der Waals surface area (Å²) in [5.74, 6) is 0.582. The molecule has 1 aromatic carbocycles. The van der Waals surface area contributed by atoms with Crippen molar-refractivity contribution in [2.45, 2.75) is 38.6 Å². The predicted octanol–water partition coefficient (Wildman–Crippen LogP) is 2.73. The molecular weight excluding hydrogens is 208 g/mol. The molecule has 0 saturated carbocycles. The Hall–Kier alpha value is -0.860. The Labute approximate surface area is 105 Å². The highest BCUT2D eigenvalue weighted by molar-refractivity contribution is 5.26. The first-order valence-corrected chi connectivity index (χ1v) is 6.81. The highest BCUT2D eigenvalue weighted by Crippen LogP contribution is 2.21. The van der Waals surface area contributed by atoms with E-state index in [0.717, 1.165) is 19.5 Å². The van der Waals surface area contributed by atoms with Crippen molar-refractivity contribution in [3.63, 3.8) is 0 Å². The Morgan fingerprint density at radius 3 is 2.76 bits per heavy atom. The summed E-state index contributed by atoms with van der Waals surface area (Å²) in [5, 5.41) is 0. The summed E-state index contributed by atoms with van der Waals surface area (Å²) in [6.07, 6.45) is 3.81. The molecule has 2 nitrogen and oxygen atoms in total. The van der Waals surface area contributed by atoms with Gasteiger partial charge in [0.05, 0.1) is 0 Å². The van der Waals surface area contributed by atoms with Gasteiger partial charge in [-0.2, -0.15) is 0 Å². The summed E-state index contributed by atoms with van der Waals surface area (Å²) < 4.78 is 0. The number of nitrogens with two attached hydrogens (primary N) is 1. The molecule has 0 amide bonds. The van der Waals surface area contributed by atoms with Gasteiger partial charge >= 0.3 is 0 Å². The molecular formula is C15H24N2. The van der Waals surface area contributed by atoms with E-state index in [1.807, 2.05) is 0 Å². The van der Waals surface area contributed by atoms with Crippen molar-refractivity contribution in [2.75, 3.05) is 19.6 Å². The maximum absolute atomic E-state index is 5.63. The van der Waals surface area contributed by atoms with E-state index in [1.165, 1.54) is 37.1 Å². The van der Waals surface area contributed by atoms with Gasteiger partial charge in [0.15, 0.2) is 0 Å². The van der Waals surface area contributed by atoms with E-state index in [0.29, 0.717) is 5.92 Å². The summed E-state index contributed by atoms with van der Waals surface area (Å²) in [6.45, 7) is 6.69. The van der Waals surface area contributed by atoms with Gasteiger partial charge in [-0.15, -0.1) is 0 Å². The lowest BCUT2D eigenvalue weighted by atomic mass is 9.96. The van der Waals surface area contributed by atoms with Crippen molar-refractivity contribution in [1.29, 1.82) is 0 Å². The van der Waals surface area contributed by atoms with Crippen LogP contribution in [0.3, 0.4) is 0 Å². The molecule has 1 aliphatic rings. The van der Waals surface area contributed by atoms with Gasteiger partial charge in [-0.25, -0.2) is 0 Å². The highest BCUT2D eigenvalue weighted by Gasteiger charge is 2.12. The van der Waals surface area contributed by atoms with E-state index in [2.05, 4.69) is 36.1 Å². The first kappa shape index (κ1) is 12.6. The van der Waals surface area contributed by atoms with Crippen LogP contribution in [-0.4, -0.2) is 24.5 Å². The normalized spacial score (nSPS) is 18.5. The molecule has 2 N–H and O–H groups in total. The molecule has 94 valence electrons. The summed E-state index contributed by atoms with van der Waals surface area (Å²) in [6, 6.07) is 9.02. The van der Waals surface area contributed by atoms with E-state index >= 15 is 0 Å². The number of likely N-dealkylation sites (tertiary alicyclic amines) is 1. The summed E-state index contributed by atoms with van der Waals surface area (Å²) in [7, 11) is 0. The maximum Gasteiger partial charge on any atom is 0.0233 e. The molecule has 1 heterocycles. The van der Waals surface area contributed by atoms with Crippen molar-refractivity contribution >= 4 is 0 Å². The van der Waals surface area contributed by atoms with Crippen LogP contribution in [0.1, 0.15) is 43.2 Å². The van der Waals surface area contributed by atoms with Crippen molar-refractivity contribution in [3.8, 4) is 0 Å². The zero-order valence-corrected chi connectivity index (χ0v) is 10.9. The molecule has 2 heteroatoms. The molecule has 0 aliphatic carbocycles. The lowest BCUT2D eigenvalue weighted by Crippen LogP contribution is -2.18. The monoisotopic (exact) mass is 232 g/mol. The number of rotatable bonds is 5. The molecule has 1 saturated heterocycles. The Balaban J connectivity index is 2.00. The first-order valence-electron chi connectivity index (χ1n) is 6.81. The van der Waals surface area contributed by atoms with Crippen LogP contribution in [-0.2, 0) is 6.54 Å². The van der Waals surface area contributed by atoms with E-state index in [1.54, 1.807) is 0 Å². The topological polar surface area (TPSA) is 29.3 Å². The van der Waals surface area contributed by atoms with Gasteiger partial charge < -0.3 is 5.73 Å². The lowest BCUT2D eigenvalue weighted by molar-refractivity contribution is 0.331. The fraction of sp³-hybridized carbons (Fsp3) is 0.600. The third-order valence-electron chi connectivity index (χ3n) is 3.72. The zero-order valence-electron chi connectivity index (χ0n) is 10.9. The Kier molecular flexibility index (Phi) is 4.57. The minimum Gasteiger partial charge on any atom is -0.330 e. The van der Waals surface area contributed by atoms with Crippen LogP contribution in [0.25, 0.3) is 0 Å². The molecule has 1 aliphatic heterocycles. The molecule has 0 aromatic heterocycles. The Bertz CT molecular complexity index is 343. The molecule has 1 unspecified atom stereocenters. The van der Waals surface area contributed by atoms with Crippen LogP contribution in [0.2, 0.25) is 0 Å². The average molecular weight is 232 g/mol. The molecule has 1 atom stereocenters. The number of hydrogen-bond acceptors (Lipinski definition) is 2. The van der Waals surface area contributed by atoms with Crippen molar-refractivity contribution in [2.24, 2.45) is 5.73 Å². The van der Waals surface area contributed by atoms with Gasteiger partial charge in [0.1, 0.15) is 0 Å². The van der Waals surface area contributed by atoms with Crippen LogP contribution in [0.15, 0.2) is 24.3 Å². The average Bonchev–Trinajstić information content (AvgIpc) is 2.82. The zero-order chi connectivity index (χ0) is 12.1. The molecule has 1 fully saturated rings. The Morgan fingerprint density at radius 2 is 2.06 bits per heavy atom. The Morgan fingerprint density at radius 1 is 1.29 bits per heavy atom. The van der Waals surface area contributed by atoms with Gasteiger partial charge in [0.2, 0.25) is 0 Å². The van der Waals surface area contributed by atoms with Crippen molar-refractivity contribution in [1.82, 2.24) is 4.90 Å². The summed E-state index contributed by atoms with van der Waals surface area (Å²) in [5.41, 5.74) is 8.52. The second-order valence-electron chi connectivity index (χ2n) is 5.21. The fourth-order valence-corrected chi connectivity index (χ4v) is 2.61. The second kappa shape index (κ2) is 6.18. The van der Waals surface area contributed by atoms with Crippen molar-refractivity contribution < 1.29 is 0 Å². The van der Waals surface area contributed by atoms with E-state index in [-0.39, 0.29) is 0 Å². The third-order valence-corrected chi connectivity index (χ3v) is 3.72. The minimum atomic E-state index is 0.582. The maximum atomic E-state index is 5.63. The lowest BCUT2D eigenvalue weighted by Gasteiger charge is -2.17. The molecule has 1 aromatic rings. The SMILES string of the molecule is CC(CCN)c1cccc(CN2CCCC2)c1. The first-order chi connectivity index (χ1) is 8.29. The quantitative estimate of drug-likeness (QED) is 0.846. The van der Waals surface area contributed by atoms with Crippen LogP contribution in [0.4, 0.5) is 0 Å². The third kappa shape index (κ3) is 3.55. The van der Waals surface area contributed by atoms with Gasteiger partial charge in [-0.3, -0.25) is 4.90 Å². The predicted molar refractivity (Wildman–Crippen MR) is 73.0 cm³/mol. The van der Waals surface area contributed by atoms with Gasteiger partial charge in [-0.1, -0.05) is 31.2 Å². The van der Waals surface area contributed by atoms with Crippen LogP contribution in [0.5, 0.6) is 0 Å². The largest absolute Gasteiger partial charge is 0.330 e. The van der Waals surface area contributed by atoms with Crippen LogP contribution < -0.4 is 5.73 Å². The van der Waals surface area contributed by atoms with Crippen LogP contribution in [0, 0.1) is 0 Å². The molecule has 0 spiro atoms. The second-order valence-corrected chi connectivity index (χ2v) is 5.21. The van der Waals surface area contributed by atoms with Crippen molar-refractivity contribution in [3.05, 3.63) is 35.4 Å². The number of hydrogen-bond donors (Lipinski definition) is 1. The summed E-state index contributed by atoms with van der Waals surface area (Å²) in [4.78, 5) is 2.55. The number of benzene rings is 1. The van der Waals surface area contributed by atoms with Gasteiger partial charge in [0.25, 0.3) is 0 Å². The standard InChI is InChI=1S/C15H24N2/c1-13(7-8-16)15-6-4-5-14(11-15)12-17-9-2-3-10-17/h4-6,11,13H,2-3,7-10,12,16H2,1H3. The van der Waals surface area contributed by atoms with Gasteiger partial charge in [-0.05, 0) is 55.9 Å². The molecule has 0 bridgehead atoms. The fourth-order valence-electron chi connectivity index (χ4n) is 2.61. The van der Waals surface area contributed by atoms with E-state index in [9.17, 15) is 0 Å². The summed E-state index contributed by atoms with van der Waals surface area (Å²) >= 11 is 0. The molecule has 2 rings (SSSR count). The highest BCUT2D eigenvalue weighted by atomic mass is 15.1. The van der Waals surface area contributed by atoms with Gasteiger partial charge in [0, 0.05) is 6.54 Å². The number of nitrogens with zero attached hydrogens (tertiary/aromatic N) is 1. The molecule has 0 radical (unpaired) electrons. The molecule has 17 heavy (non-hydrogen) atoms. The minimum absolute atomic E-state index is 0.582. The van der Waals surface area contributed by atoms with E-state index in [4.69, 9.17) is 5.73 Å². The van der Waals surface area contributed by atoms with Crippen LogP contribution >= 0.6 is 0 Å².